The topological polar surface area (TPSA) is 55.4 Å². The highest BCUT2D eigenvalue weighted by Crippen LogP contribution is 2.29. The van der Waals surface area contributed by atoms with E-state index in [0.29, 0.717) is 22.5 Å². The van der Waals surface area contributed by atoms with Gasteiger partial charge >= 0.3 is 0 Å². The molecule has 0 bridgehead atoms. The second kappa shape index (κ2) is 6.95. The van der Waals surface area contributed by atoms with Crippen LogP contribution in [0.15, 0.2) is 57.9 Å². The lowest BCUT2D eigenvalue weighted by Gasteiger charge is -2.13. The van der Waals surface area contributed by atoms with Crippen LogP contribution in [-0.4, -0.2) is 15.0 Å². The molecule has 0 unspecified atom stereocenters. The van der Waals surface area contributed by atoms with Crippen LogP contribution in [0.3, 0.4) is 0 Å². The second-order valence-corrected chi connectivity index (χ2v) is 6.89. The first-order valence-corrected chi connectivity index (χ1v) is 8.81. The third-order valence-electron chi connectivity index (χ3n) is 2.72. The number of hydrogen-bond donors (Lipinski definition) is 1. The number of benzene rings is 2. The zero-order valence-corrected chi connectivity index (χ0v) is 13.9. The third kappa shape index (κ3) is 3.98. The van der Waals surface area contributed by atoms with Crippen molar-refractivity contribution in [3.8, 4) is 5.75 Å². The van der Waals surface area contributed by atoms with Gasteiger partial charge in [0.05, 0.1) is 12.3 Å². The van der Waals surface area contributed by atoms with E-state index >= 15 is 0 Å². The minimum Gasteiger partial charge on any atom is -0.491 e. The number of anilines is 1. The maximum atomic E-state index is 12.5. The van der Waals surface area contributed by atoms with Crippen molar-refractivity contribution < 1.29 is 13.2 Å². The van der Waals surface area contributed by atoms with Gasteiger partial charge in [0.15, 0.2) is 0 Å². The largest absolute Gasteiger partial charge is 0.491 e. The molecule has 0 spiro atoms. The van der Waals surface area contributed by atoms with Crippen molar-refractivity contribution in [3.05, 3.63) is 53.0 Å². The van der Waals surface area contributed by atoms with E-state index in [0.717, 1.165) is 6.42 Å². The van der Waals surface area contributed by atoms with E-state index in [1.807, 2.05) is 6.92 Å². The molecule has 0 atom stereocenters. The van der Waals surface area contributed by atoms with Crippen molar-refractivity contribution in [2.75, 3.05) is 11.3 Å². The highest BCUT2D eigenvalue weighted by Gasteiger charge is 2.18. The summed E-state index contributed by atoms with van der Waals surface area (Å²) in [5, 5.41) is 0. The smallest absolute Gasteiger partial charge is 0.263 e. The molecule has 0 fully saturated rings. The van der Waals surface area contributed by atoms with Crippen molar-refractivity contribution in [3.63, 3.8) is 0 Å². The van der Waals surface area contributed by atoms with Gasteiger partial charge in [0, 0.05) is 4.47 Å². The molecule has 0 saturated heterocycles. The Kier molecular flexibility index (Phi) is 5.25. The van der Waals surface area contributed by atoms with Crippen LogP contribution in [0.1, 0.15) is 13.3 Å². The van der Waals surface area contributed by atoms with Crippen LogP contribution in [0.25, 0.3) is 0 Å². The Morgan fingerprint density at radius 1 is 1.10 bits per heavy atom. The summed E-state index contributed by atoms with van der Waals surface area (Å²) >= 11 is 3.26. The predicted molar refractivity (Wildman–Crippen MR) is 87.2 cm³/mol. The Balaban J connectivity index is 2.31. The number of ether oxygens (including phenoxy) is 1. The normalized spacial score (nSPS) is 11.1. The molecule has 6 heteroatoms. The van der Waals surface area contributed by atoms with E-state index in [1.54, 1.807) is 48.5 Å². The first-order valence-electron chi connectivity index (χ1n) is 6.54. The minimum atomic E-state index is -3.67. The Hall–Kier alpha value is -1.53. The molecule has 0 amide bonds. The van der Waals surface area contributed by atoms with E-state index in [1.165, 1.54) is 0 Å². The number of rotatable bonds is 6. The van der Waals surface area contributed by atoms with Crippen LogP contribution >= 0.6 is 15.9 Å². The fourth-order valence-electron chi connectivity index (χ4n) is 1.75. The van der Waals surface area contributed by atoms with Crippen LogP contribution < -0.4 is 9.46 Å². The molecule has 1 N–H and O–H groups in total. The molecule has 0 saturated carbocycles. The zero-order valence-electron chi connectivity index (χ0n) is 11.5. The minimum absolute atomic E-state index is 0.190. The average molecular weight is 370 g/mol. The molecule has 0 radical (unpaired) electrons. The molecule has 2 aromatic carbocycles. The Morgan fingerprint density at radius 2 is 1.76 bits per heavy atom. The van der Waals surface area contributed by atoms with Crippen molar-refractivity contribution in [1.29, 1.82) is 0 Å². The molecular weight excluding hydrogens is 354 g/mol. The quantitative estimate of drug-likeness (QED) is 0.835. The van der Waals surface area contributed by atoms with E-state index in [-0.39, 0.29) is 4.90 Å². The zero-order chi connectivity index (χ0) is 15.3. The summed E-state index contributed by atoms with van der Waals surface area (Å²) in [6, 6.07) is 13.7. The van der Waals surface area contributed by atoms with Gasteiger partial charge in [-0.15, -0.1) is 0 Å². The van der Waals surface area contributed by atoms with E-state index in [2.05, 4.69) is 20.7 Å². The van der Waals surface area contributed by atoms with Crippen molar-refractivity contribution in [2.45, 2.75) is 18.2 Å². The van der Waals surface area contributed by atoms with Gasteiger partial charge < -0.3 is 4.74 Å². The monoisotopic (exact) mass is 369 g/mol. The van der Waals surface area contributed by atoms with Crippen LogP contribution in [0, 0.1) is 0 Å². The lowest BCUT2D eigenvalue weighted by molar-refractivity contribution is 0.319. The summed E-state index contributed by atoms with van der Waals surface area (Å²) in [6.07, 6.45) is 0.852. The third-order valence-corrected chi connectivity index (χ3v) is 5.10. The van der Waals surface area contributed by atoms with Gasteiger partial charge in [0.1, 0.15) is 10.6 Å². The SMILES string of the molecule is CCCOc1ccccc1NS(=O)(=O)c1ccccc1Br. The van der Waals surface area contributed by atoms with Crippen molar-refractivity contribution in [1.82, 2.24) is 0 Å². The van der Waals surface area contributed by atoms with Crippen LogP contribution in [0.4, 0.5) is 5.69 Å². The Morgan fingerprint density at radius 3 is 2.48 bits per heavy atom. The van der Waals surface area contributed by atoms with Crippen molar-refractivity contribution >= 4 is 31.6 Å². The number of para-hydroxylation sites is 2. The molecule has 112 valence electrons. The van der Waals surface area contributed by atoms with E-state index in [9.17, 15) is 8.42 Å². The predicted octanol–water partition coefficient (Wildman–Crippen LogP) is 4.04. The van der Waals surface area contributed by atoms with Gasteiger partial charge in [-0.3, -0.25) is 4.72 Å². The fourth-order valence-corrected chi connectivity index (χ4v) is 3.83. The Bertz CT molecular complexity index is 716. The first kappa shape index (κ1) is 15.9. The maximum absolute atomic E-state index is 12.5. The summed E-state index contributed by atoms with van der Waals surface area (Å²) in [5.41, 5.74) is 0.432. The molecule has 2 aromatic rings. The Labute approximate surface area is 133 Å². The molecular formula is C15H16BrNO3S. The average Bonchev–Trinajstić information content (AvgIpc) is 2.46. The van der Waals surface area contributed by atoms with Gasteiger partial charge in [-0.25, -0.2) is 8.42 Å². The number of halogens is 1. The van der Waals surface area contributed by atoms with Crippen LogP contribution in [0.2, 0.25) is 0 Å². The first-order chi connectivity index (χ1) is 10.0. The second-order valence-electron chi connectivity index (χ2n) is 4.38. The molecule has 21 heavy (non-hydrogen) atoms. The molecule has 2 rings (SSSR count). The van der Waals surface area contributed by atoms with Gasteiger partial charge in [-0.1, -0.05) is 31.2 Å². The summed E-state index contributed by atoms with van der Waals surface area (Å²) in [4.78, 5) is 0.190. The summed E-state index contributed by atoms with van der Waals surface area (Å²) in [7, 11) is -3.67. The fraction of sp³-hybridized carbons (Fsp3) is 0.200. The van der Waals surface area contributed by atoms with Gasteiger partial charge in [-0.05, 0) is 46.6 Å². The van der Waals surface area contributed by atoms with Gasteiger partial charge in [0.2, 0.25) is 0 Å². The molecule has 0 aromatic heterocycles. The molecule has 0 aliphatic carbocycles. The lowest BCUT2D eigenvalue weighted by Crippen LogP contribution is -2.14. The number of sulfonamides is 1. The molecule has 0 aliphatic rings. The summed E-state index contributed by atoms with van der Waals surface area (Å²) < 4.78 is 33.6. The number of nitrogens with one attached hydrogen (secondary N) is 1. The highest BCUT2D eigenvalue weighted by atomic mass is 79.9. The number of hydrogen-bond acceptors (Lipinski definition) is 3. The summed E-state index contributed by atoms with van der Waals surface area (Å²) in [5.74, 6) is 0.523. The molecule has 0 aliphatic heterocycles. The van der Waals surface area contributed by atoms with Crippen LogP contribution in [-0.2, 0) is 10.0 Å². The summed E-state index contributed by atoms with van der Waals surface area (Å²) in [6.45, 7) is 2.53. The van der Waals surface area contributed by atoms with Crippen molar-refractivity contribution in [2.24, 2.45) is 0 Å². The van der Waals surface area contributed by atoms with E-state index in [4.69, 9.17) is 4.74 Å². The van der Waals surface area contributed by atoms with Gasteiger partial charge in [0.25, 0.3) is 10.0 Å². The highest BCUT2D eigenvalue weighted by molar-refractivity contribution is 9.10. The lowest BCUT2D eigenvalue weighted by atomic mass is 10.3. The maximum Gasteiger partial charge on any atom is 0.263 e. The standard InChI is InChI=1S/C15H16BrNO3S/c1-2-11-20-14-9-5-4-8-13(14)17-21(18,19)15-10-6-3-7-12(15)16/h3-10,17H,2,11H2,1H3. The molecule has 4 nitrogen and oxygen atoms in total. The van der Waals surface area contributed by atoms with Crippen LogP contribution in [0.5, 0.6) is 5.75 Å². The van der Waals surface area contributed by atoms with E-state index < -0.39 is 10.0 Å². The van der Waals surface area contributed by atoms with Gasteiger partial charge in [-0.2, -0.15) is 0 Å². The molecule has 0 heterocycles.